The van der Waals surface area contributed by atoms with E-state index in [9.17, 15) is 18.0 Å². The molecule has 1 atom stereocenters. The van der Waals surface area contributed by atoms with E-state index in [4.69, 9.17) is 25.8 Å². The van der Waals surface area contributed by atoms with Crippen LogP contribution in [0.2, 0.25) is 5.02 Å². The highest BCUT2D eigenvalue weighted by atomic mass is 35.5. The third-order valence-corrected chi connectivity index (χ3v) is 4.33. The van der Waals surface area contributed by atoms with Crippen molar-refractivity contribution in [1.29, 1.82) is 0 Å². The number of aldehydes is 1. The van der Waals surface area contributed by atoms with Crippen molar-refractivity contribution in [2.45, 2.75) is 33.2 Å². The van der Waals surface area contributed by atoms with Crippen LogP contribution in [-0.2, 0) is 11.4 Å². The van der Waals surface area contributed by atoms with E-state index in [-0.39, 0.29) is 31.4 Å². The number of fused-ring (bicyclic) bond motifs is 1. The van der Waals surface area contributed by atoms with Gasteiger partial charge in [-0.2, -0.15) is 13.2 Å². The molecule has 1 aliphatic heterocycles. The highest BCUT2D eigenvalue weighted by Gasteiger charge is 2.38. The summed E-state index contributed by atoms with van der Waals surface area (Å²) in [5.74, 6) is 1.10. The molecule has 0 N–H and O–H groups in total. The van der Waals surface area contributed by atoms with E-state index in [1.54, 1.807) is 30.3 Å². The molecular weight excluding hydrogens is 409 g/mol. The minimum Gasteiger partial charge on any atom is -0.489 e. The van der Waals surface area contributed by atoms with E-state index in [0.717, 1.165) is 18.8 Å². The number of benzene rings is 2. The molecule has 0 saturated heterocycles. The van der Waals surface area contributed by atoms with Crippen LogP contribution in [0.1, 0.15) is 25.5 Å². The van der Waals surface area contributed by atoms with Gasteiger partial charge < -0.3 is 14.2 Å². The molecule has 0 amide bonds. The monoisotopic (exact) mass is 428 g/mol. The summed E-state index contributed by atoms with van der Waals surface area (Å²) < 4.78 is 53.9. The van der Waals surface area contributed by atoms with Crippen molar-refractivity contribution in [3.8, 4) is 17.2 Å². The summed E-state index contributed by atoms with van der Waals surface area (Å²) in [5.41, 5.74) is 2.00. The van der Waals surface area contributed by atoms with Crippen LogP contribution < -0.4 is 14.2 Å². The zero-order valence-electron chi connectivity index (χ0n) is 14.8. The molecule has 29 heavy (non-hydrogen) atoms. The van der Waals surface area contributed by atoms with E-state index >= 15 is 0 Å². The number of halogens is 4. The van der Waals surface area contributed by atoms with Gasteiger partial charge in [-0.25, -0.2) is 0 Å². The normalized spacial score (nSPS) is 13.9. The number of rotatable bonds is 6. The fourth-order valence-electron chi connectivity index (χ4n) is 2.47. The molecule has 0 unspecified atom stereocenters. The van der Waals surface area contributed by atoms with Crippen molar-refractivity contribution in [2.75, 3.05) is 6.61 Å². The molecule has 0 aliphatic carbocycles. The summed E-state index contributed by atoms with van der Waals surface area (Å²) in [4.78, 5) is 10.8. The van der Waals surface area contributed by atoms with Gasteiger partial charge in [-0.05, 0) is 42.8 Å². The largest absolute Gasteiger partial charge is 0.489 e. The summed E-state index contributed by atoms with van der Waals surface area (Å²) in [5, 5.41) is 0.0671. The number of carbonyl (C=O) groups is 1. The van der Waals surface area contributed by atoms with Gasteiger partial charge in [-0.1, -0.05) is 25.1 Å². The van der Waals surface area contributed by atoms with Crippen molar-refractivity contribution in [3.05, 3.63) is 58.1 Å². The van der Waals surface area contributed by atoms with Gasteiger partial charge in [0.25, 0.3) is 0 Å². The molecule has 3 rings (SSSR count). The Morgan fingerprint density at radius 1 is 1.24 bits per heavy atom. The van der Waals surface area contributed by atoms with Gasteiger partial charge in [0.2, 0.25) is 0 Å². The van der Waals surface area contributed by atoms with Crippen LogP contribution in [-0.4, -0.2) is 25.2 Å². The van der Waals surface area contributed by atoms with Gasteiger partial charge in [-0.3, -0.25) is 4.79 Å². The Morgan fingerprint density at radius 3 is 2.66 bits per heavy atom. The Bertz CT molecular complexity index is 909. The van der Waals surface area contributed by atoms with Crippen LogP contribution in [0.3, 0.4) is 0 Å². The predicted molar refractivity (Wildman–Crippen MR) is 105 cm³/mol. The lowest BCUT2D eigenvalue weighted by atomic mass is 10.1. The van der Waals surface area contributed by atoms with Gasteiger partial charge in [-0.15, -0.1) is 0 Å². The molecule has 1 aliphatic rings. The maximum absolute atomic E-state index is 12.6. The predicted octanol–water partition coefficient (Wildman–Crippen LogP) is 5.86. The Balaban J connectivity index is 0.00000300. The molecule has 1 heterocycles. The van der Waals surface area contributed by atoms with Crippen LogP contribution >= 0.6 is 11.6 Å². The van der Waals surface area contributed by atoms with Gasteiger partial charge in [0.1, 0.15) is 36.7 Å². The standard InChI is InChI=1S/C20H16ClF3O4.CH4/c1-12(20(22,23)24)28-18-5-2-13(7-17(18)21)10-26-16-4-3-15-6-14(9-25)11-27-19(15)8-16;/h2-9,12H,10-11H2,1H3;1H4/t12-;/m0./s1. The Labute approximate surface area is 171 Å². The minimum absolute atomic E-state index is 0. The molecule has 8 heteroatoms. The lowest BCUT2D eigenvalue weighted by molar-refractivity contribution is -0.189. The third kappa shape index (κ3) is 5.67. The molecule has 0 aromatic heterocycles. The van der Waals surface area contributed by atoms with Crippen LogP contribution in [0, 0.1) is 0 Å². The van der Waals surface area contributed by atoms with Crippen LogP contribution in [0.4, 0.5) is 13.2 Å². The summed E-state index contributed by atoms with van der Waals surface area (Å²) in [6.45, 7) is 1.27. The number of hydrogen-bond acceptors (Lipinski definition) is 4. The topological polar surface area (TPSA) is 44.8 Å². The van der Waals surface area contributed by atoms with E-state index in [1.165, 1.54) is 12.1 Å². The minimum atomic E-state index is -4.47. The van der Waals surface area contributed by atoms with Gasteiger partial charge in [0.15, 0.2) is 6.10 Å². The van der Waals surface area contributed by atoms with Gasteiger partial charge in [0.05, 0.1) is 5.02 Å². The molecule has 2 aromatic rings. The number of alkyl halides is 3. The van der Waals surface area contributed by atoms with Crippen LogP contribution in [0.5, 0.6) is 17.2 Å². The fourth-order valence-corrected chi connectivity index (χ4v) is 2.72. The molecule has 156 valence electrons. The Hall–Kier alpha value is -2.67. The first kappa shape index (κ1) is 22.6. The lowest BCUT2D eigenvalue weighted by Crippen LogP contribution is -2.31. The first-order chi connectivity index (χ1) is 13.3. The molecule has 2 aromatic carbocycles. The van der Waals surface area contributed by atoms with E-state index in [2.05, 4.69) is 0 Å². The average molecular weight is 429 g/mol. The molecule has 0 bridgehead atoms. The summed E-state index contributed by atoms with van der Waals surface area (Å²) >= 11 is 6.02. The van der Waals surface area contributed by atoms with E-state index < -0.39 is 12.3 Å². The van der Waals surface area contributed by atoms with E-state index in [1.807, 2.05) is 0 Å². The second-order valence-corrected chi connectivity index (χ2v) is 6.59. The average Bonchev–Trinajstić information content (AvgIpc) is 2.66. The second kappa shape index (κ2) is 9.22. The maximum atomic E-state index is 12.6. The first-order valence-corrected chi connectivity index (χ1v) is 8.71. The highest BCUT2D eigenvalue weighted by molar-refractivity contribution is 6.32. The SMILES string of the molecule is C.C[C@H](Oc1ccc(COc2ccc3c(c2)OCC(C=O)=C3)cc1Cl)C(F)(F)F. The highest BCUT2D eigenvalue weighted by Crippen LogP contribution is 2.32. The number of ether oxygens (including phenoxy) is 3. The zero-order chi connectivity index (χ0) is 20.3. The fraction of sp³-hybridized carbons (Fsp3) is 0.286. The van der Waals surface area contributed by atoms with Gasteiger partial charge >= 0.3 is 6.18 Å². The molecule has 4 nitrogen and oxygen atoms in total. The Kier molecular flexibility index (Phi) is 7.19. The van der Waals surface area contributed by atoms with Crippen molar-refractivity contribution >= 4 is 24.0 Å². The van der Waals surface area contributed by atoms with Crippen molar-refractivity contribution in [3.63, 3.8) is 0 Å². The van der Waals surface area contributed by atoms with Crippen molar-refractivity contribution < 1.29 is 32.2 Å². The molecule has 0 fully saturated rings. The quantitative estimate of drug-likeness (QED) is 0.540. The lowest BCUT2D eigenvalue weighted by Gasteiger charge is -2.19. The maximum Gasteiger partial charge on any atom is 0.425 e. The van der Waals surface area contributed by atoms with Crippen molar-refractivity contribution in [2.24, 2.45) is 0 Å². The molecule has 0 spiro atoms. The van der Waals surface area contributed by atoms with Crippen molar-refractivity contribution in [1.82, 2.24) is 0 Å². The molecule has 0 saturated carbocycles. The summed E-state index contributed by atoms with van der Waals surface area (Å²) in [6, 6.07) is 9.67. The summed E-state index contributed by atoms with van der Waals surface area (Å²) in [6.07, 6.45) is -3.94. The third-order valence-electron chi connectivity index (χ3n) is 4.04. The van der Waals surface area contributed by atoms with Crippen LogP contribution in [0.15, 0.2) is 42.0 Å². The zero-order valence-corrected chi connectivity index (χ0v) is 15.5. The molecular formula is C21H20ClF3O4. The first-order valence-electron chi connectivity index (χ1n) is 8.33. The van der Waals surface area contributed by atoms with Crippen LogP contribution in [0.25, 0.3) is 6.08 Å². The van der Waals surface area contributed by atoms with Gasteiger partial charge in [0, 0.05) is 17.2 Å². The number of carbonyl (C=O) groups excluding carboxylic acids is 1. The smallest absolute Gasteiger partial charge is 0.425 e. The number of hydrogen-bond donors (Lipinski definition) is 0. The van der Waals surface area contributed by atoms with E-state index in [0.29, 0.717) is 22.6 Å². The second-order valence-electron chi connectivity index (χ2n) is 6.18. The molecule has 0 radical (unpaired) electrons. The summed E-state index contributed by atoms with van der Waals surface area (Å²) in [7, 11) is 0. The Morgan fingerprint density at radius 2 is 2.00 bits per heavy atom.